The Labute approximate surface area is 187 Å². The summed E-state index contributed by atoms with van der Waals surface area (Å²) in [5.74, 6) is -1.88. The SMILES string of the molecule is BCc1ccc(-c2ccc(-c3ccc(C4OCC(/C=C/C)CO4)cc3F)cc2)c(F)c1F. The average Bonchev–Trinajstić information content (AvgIpc) is 2.82. The fourth-order valence-electron chi connectivity index (χ4n) is 3.92. The van der Waals surface area contributed by atoms with E-state index in [4.69, 9.17) is 9.47 Å². The molecule has 0 aliphatic carbocycles. The fourth-order valence-corrected chi connectivity index (χ4v) is 3.92. The molecule has 1 aliphatic rings. The average molecular weight is 436 g/mol. The first-order valence-electron chi connectivity index (χ1n) is 10.7. The van der Waals surface area contributed by atoms with Crippen LogP contribution in [0.4, 0.5) is 13.2 Å². The van der Waals surface area contributed by atoms with E-state index in [0.29, 0.717) is 47.4 Å². The molecule has 0 N–H and O–H groups in total. The van der Waals surface area contributed by atoms with Gasteiger partial charge >= 0.3 is 0 Å². The minimum Gasteiger partial charge on any atom is -0.348 e. The smallest absolute Gasteiger partial charge is 0.183 e. The molecule has 1 heterocycles. The summed E-state index contributed by atoms with van der Waals surface area (Å²) < 4.78 is 54.9. The van der Waals surface area contributed by atoms with E-state index >= 15 is 0 Å². The maximum Gasteiger partial charge on any atom is 0.183 e. The molecule has 3 aromatic carbocycles. The predicted octanol–water partition coefficient (Wildman–Crippen LogP) is 5.81. The molecular weight excluding hydrogens is 412 g/mol. The van der Waals surface area contributed by atoms with E-state index < -0.39 is 23.7 Å². The lowest BCUT2D eigenvalue weighted by Crippen LogP contribution is -2.25. The lowest BCUT2D eigenvalue weighted by atomic mass is 9.93. The molecule has 32 heavy (non-hydrogen) atoms. The lowest BCUT2D eigenvalue weighted by molar-refractivity contribution is -0.197. The Kier molecular flexibility index (Phi) is 6.82. The van der Waals surface area contributed by atoms with E-state index in [1.54, 1.807) is 56.4 Å². The zero-order valence-corrected chi connectivity index (χ0v) is 18.1. The van der Waals surface area contributed by atoms with Crippen LogP contribution >= 0.6 is 0 Å². The molecule has 0 aromatic heterocycles. The van der Waals surface area contributed by atoms with Gasteiger partial charge in [0.25, 0.3) is 0 Å². The van der Waals surface area contributed by atoms with Gasteiger partial charge in [0.2, 0.25) is 0 Å². The molecule has 6 heteroatoms. The van der Waals surface area contributed by atoms with Crippen LogP contribution in [-0.2, 0) is 15.8 Å². The second-order valence-electron chi connectivity index (χ2n) is 7.85. The van der Waals surface area contributed by atoms with Gasteiger partial charge in [-0.05, 0) is 29.7 Å². The molecule has 0 amide bonds. The summed E-state index contributed by atoms with van der Waals surface area (Å²) >= 11 is 0. The van der Waals surface area contributed by atoms with E-state index in [0.717, 1.165) is 0 Å². The van der Waals surface area contributed by atoms with Crippen molar-refractivity contribution in [2.24, 2.45) is 5.92 Å². The van der Waals surface area contributed by atoms with Gasteiger partial charge in [0.1, 0.15) is 13.7 Å². The Morgan fingerprint density at radius 2 is 1.50 bits per heavy atom. The molecule has 164 valence electrons. The summed E-state index contributed by atoms with van der Waals surface area (Å²) in [6, 6.07) is 14.8. The highest BCUT2D eigenvalue weighted by Gasteiger charge is 2.23. The maximum absolute atomic E-state index is 14.9. The Balaban J connectivity index is 1.53. The van der Waals surface area contributed by atoms with Gasteiger partial charge in [0, 0.05) is 22.6 Å². The topological polar surface area (TPSA) is 18.5 Å². The van der Waals surface area contributed by atoms with Crippen LogP contribution in [0.15, 0.2) is 66.7 Å². The van der Waals surface area contributed by atoms with Gasteiger partial charge < -0.3 is 9.47 Å². The van der Waals surface area contributed by atoms with Crippen molar-refractivity contribution >= 4 is 7.85 Å². The van der Waals surface area contributed by atoms with Crippen LogP contribution < -0.4 is 0 Å². The number of benzene rings is 3. The largest absolute Gasteiger partial charge is 0.348 e. The maximum atomic E-state index is 14.9. The van der Waals surface area contributed by atoms with Crippen molar-refractivity contribution in [3.05, 3.63) is 95.3 Å². The van der Waals surface area contributed by atoms with Crippen molar-refractivity contribution in [2.45, 2.75) is 19.5 Å². The van der Waals surface area contributed by atoms with Gasteiger partial charge in [-0.15, -0.1) is 0 Å². The number of hydrogen-bond acceptors (Lipinski definition) is 2. The van der Waals surface area contributed by atoms with Crippen LogP contribution in [-0.4, -0.2) is 21.1 Å². The van der Waals surface area contributed by atoms with Gasteiger partial charge in [-0.1, -0.05) is 67.0 Å². The second-order valence-corrected chi connectivity index (χ2v) is 7.85. The van der Waals surface area contributed by atoms with Crippen molar-refractivity contribution in [3.8, 4) is 22.3 Å². The number of rotatable bonds is 5. The van der Waals surface area contributed by atoms with Crippen molar-refractivity contribution in [2.75, 3.05) is 13.2 Å². The van der Waals surface area contributed by atoms with Crippen LogP contribution in [0.5, 0.6) is 0 Å². The standard InChI is InChI=1S/C26H24BF3O2/c1-2-3-16-14-31-26(32-15-16)19-8-10-21(23(28)12-19)17-4-6-18(7-5-17)22-11-9-20(13-27)24(29)25(22)30/h2-12,16,26H,13-15,27H2,1H3/b3-2+. The van der Waals surface area contributed by atoms with Gasteiger partial charge in [-0.2, -0.15) is 0 Å². The Hall–Kier alpha value is -2.83. The van der Waals surface area contributed by atoms with Gasteiger partial charge in [-0.25, -0.2) is 13.2 Å². The normalized spacial score (nSPS) is 18.9. The highest BCUT2D eigenvalue weighted by molar-refractivity contribution is 6.08. The molecular formula is C26H24BF3O2. The number of ether oxygens (including phenoxy) is 2. The third-order valence-electron chi connectivity index (χ3n) is 5.70. The van der Waals surface area contributed by atoms with E-state index in [1.165, 1.54) is 6.07 Å². The van der Waals surface area contributed by atoms with Crippen LogP contribution in [0.3, 0.4) is 0 Å². The highest BCUT2D eigenvalue weighted by atomic mass is 19.2. The quantitative estimate of drug-likeness (QED) is 0.371. The molecule has 0 atom stereocenters. The summed E-state index contributed by atoms with van der Waals surface area (Å²) in [5.41, 5.74) is 2.73. The third kappa shape index (κ3) is 4.52. The second kappa shape index (κ2) is 9.76. The summed E-state index contributed by atoms with van der Waals surface area (Å²) in [6.45, 7) is 3.00. The van der Waals surface area contributed by atoms with E-state index in [-0.39, 0.29) is 11.5 Å². The minimum atomic E-state index is -0.864. The summed E-state index contributed by atoms with van der Waals surface area (Å²) in [4.78, 5) is 0. The highest BCUT2D eigenvalue weighted by Crippen LogP contribution is 2.32. The summed E-state index contributed by atoms with van der Waals surface area (Å²) in [6.07, 6.45) is 3.82. The van der Waals surface area contributed by atoms with Gasteiger partial charge in [0.15, 0.2) is 17.9 Å². The Bertz CT molecular complexity index is 1120. The van der Waals surface area contributed by atoms with Crippen LogP contribution in [0.1, 0.15) is 24.3 Å². The van der Waals surface area contributed by atoms with Crippen molar-refractivity contribution < 1.29 is 22.6 Å². The molecule has 3 aromatic rings. The number of hydrogen-bond donors (Lipinski definition) is 0. The molecule has 0 spiro atoms. The van der Waals surface area contributed by atoms with E-state index in [9.17, 15) is 13.2 Å². The molecule has 2 nitrogen and oxygen atoms in total. The monoisotopic (exact) mass is 436 g/mol. The first-order chi connectivity index (χ1) is 15.5. The molecule has 0 bridgehead atoms. The molecule has 1 fully saturated rings. The molecule has 0 radical (unpaired) electrons. The molecule has 4 rings (SSSR count). The summed E-state index contributed by atoms with van der Waals surface area (Å²) in [7, 11) is 1.78. The first kappa shape index (κ1) is 22.4. The molecule has 0 saturated carbocycles. The van der Waals surface area contributed by atoms with Gasteiger partial charge in [0.05, 0.1) is 13.2 Å². The summed E-state index contributed by atoms with van der Waals surface area (Å²) in [5, 5.41) is 0. The van der Waals surface area contributed by atoms with Crippen LogP contribution in [0.2, 0.25) is 0 Å². The molecule has 0 unspecified atom stereocenters. The number of allylic oxidation sites excluding steroid dienone is 1. The van der Waals surface area contributed by atoms with E-state index in [2.05, 4.69) is 0 Å². The Morgan fingerprint density at radius 3 is 2.09 bits per heavy atom. The van der Waals surface area contributed by atoms with Crippen molar-refractivity contribution in [1.82, 2.24) is 0 Å². The van der Waals surface area contributed by atoms with Crippen molar-refractivity contribution in [3.63, 3.8) is 0 Å². The predicted molar refractivity (Wildman–Crippen MR) is 122 cm³/mol. The molecule has 1 saturated heterocycles. The van der Waals surface area contributed by atoms with Gasteiger partial charge in [-0.3, -0.25) is 0 Å². The van der Waals surface area contributed by atoms with Crippen LogP contribution in [0, 0.1) is 23.4 Å². The fraction of sp³-hybridized carbons (Fsp3) is 0.231. The van der Waals surface area contributed by atoms with E-state index in [1.807, 2.05) is 19.1 Å². The Morgan fingerprint density at radius 1 is 0.875 bits per heavy atom. The zero-order chi connectivity index (χ0) is 22.7. The molecule has 1 aliphatic heterocycles. The zero-order valence-electron chi connectivity index (χ0n) is 18.1. The van der Waals surface area contributed by atoms with Crippen LogP contribution in [0.25, 0.3) is 22.3 Å². The number of halogens is 3. The minimum absolute atomic E-state index is 0.185. The lowest BCUT2D eigenvalue weighted by Gasteiger charge is -2.28. The first-order valence-corrected chi connectivity index (χ1v) is 10.7. The third-order valence-corrected chi connectivity index (χ3v) is 5.70. The van der Waals surface area contributed by atoms with Crippen molar-refractivity contribution in [1.29, 1.82) is 0 Å².